The zero-order chi connectivity index (χ0) is 14.8. The predicted molar refractivity (Wildman–Crippen MR) is 61.3 cm³/mol. The quantitative estimate of drug-likeness (QED) is 0.763. The fourth-order valence-electron chi connectivity index (χ4n) is 1.84. The zero-order valence-electron chi connectivity index (χ0n) is 10.6. The molecule has 2 atom stereocenters. The maximum absolute atomic E-state index is 12.0. The van der Waals surface area contributed by atoms with Crippen molar-refractivity contribution in [3.8, 4) is 0 Å². The van der Waals surface area contributed by atoms with Crippen LogP contribution in [-0.4, -0.2) is 62.7 Å². The number of likely N-dealkylation sites (N-methyl/N-ethyl adjacent to an activating group) is 1. The third kappa shape index (κ3) is 4.98. The molecule has 0 N–H and O–H groups in total. The summed E-state index contributed by atoms with van der Waals surface area (Å²) in [6.07, 6.45) is -5.45. The molecule has 1 rings (SSSR count). The van der Waals surface area contributed by atoms with E-state index in [1.165, 1.54) is 14.0 Å². The molecule has 0 aromatic carbocycles. The molecule has 1 amide bonds. The van der Waals surface area contributed by atoms with Crippen molar-refractivity contribution in [2.75, 3.05) is 25.2 Å². The first kappa shape index (κ1) is 16.2. The van der Waals surface area contributed by atoms with Gasteiger partial charge in [-0.3, -0.25) is 4.79 Å². The van der Waals surface area contributed by atoms with Gasteiger partial charge in [0.05, 0.1) is 11.5 Å². The van der Waals surface area contributed by atoms with Crippen molar-refractivity contribution < 1.29 is 31.1 Å². The Morgan fingerprint density at radius 2 is 2.05 bits per heavy atom. The minimum Gasteiger partial charge on any atom is -0.359 e. The average molecular weight is 303 g/mol. The number of nitrogens with zero attached hydrogens (tertiary/aromatic N) is 1. The number of carbonyl (C=O) groups excluding carboxylic acids is 1. The Hall–Kier alpha value is -0.830. The van der Waals surface area contributed by atoms with Gasteiger partial charge in [0.2, 0.25) is 0 Å². The molecule has 19 heavy (non-hydrogen) atoms. The van der Waals surface area contributed by atoms with Crippen molar-refractivity contribution in [1.29, 1.82) is 0 Å². The molecule has 1 saturated heterocycles. The van der Waals surface area contributed by atoms with Crippen LogP contribution in [0.3, 0.4) is 0 Å². The van der Waals surface area contributed by atoms with Gasteiger partial charge in [-0.15, -0.1) is 0 Å². The van der Waals surface area contributed by atoms with Crippen LogP contribution in [0.5, 0.6) is 0 Å². The van der Waals surface area contributed by atoms with Crippen LogP contribution in [-0.2, 0) is 19.4 Å². The summed E-state index contributed by atoms with van der Waals surface area (Å²) in [4.78, 5) is 13.0. The number of ether oxygens (including phenoxy) is 1. The van der Waals surface area contributed by atoms with Crippen LogP contribution in [0, 0.1) is 0 Å². The van der Waals surface area contributed by atoms with Crippen molar-refractivity contribution in [3.63, 3.8) is 0 Å². The van der Waals surface area contributed by atoms with Gasteiger partial charge in [-0.25, -0.2) is 8.42 Å². The highest BCUT2D eigenvalue weighted by atomic mass is 32.2. The molecule has 1 aliphatic rings. The van der Waals surface area contributed by atoms with Gasteiger partial charge in [-0.2, -0.15) is 13.2 Å². The van der Waals surface area contributed by atoms with Crippen molar-refractivity contribution in [2.45, 2.75) is 31.7 Å². The molecular weight excluding hydrogens is 287 g/mol. The Bertz CT molecular complexity index is 435. The Morgan fingerprint density at radius 3 is 2.47 bits per heavy atom. The predicted octanol–water partition coefficient (Wildman–Crippen LogP) is 0.599. The summed E-state index contributed by atoms with van der Waals surface area (Å²) >= 11 is 0. The van der Waals surface area contributed by atoms with E-state index in [9.17, 15) is 26.4 Å². The number of carbonyl (C=O) groups is 1. The van der Waals surface area contributed by atoms with E-state index < -0.39 is 40.7 Å². The van der Waals surface area contributed by atoms with E-state index in [1.54, 1.807) is 0 Å². The normalized spacial score (nSPS) is 24.2. The largest absolute Gasteiger partial charge is 0.411 e. The lowest BCUT2D eigenvalue weighted by atomic mass is 10.2. The minimum absolute atomic E-state index is 0.00687. The van der Waals surface area contributed by atoms with Gasteiger partial charge in [0, 0.05) is 13.1 Å². The third-order valence-corrected chi connectivity index (χ3v) is 4.70. The molecule has 1 heterocycles. The van der Waals surface area contributed by atoms with Gasteiger partial charge in [0.1, 0.15) is 12.7 Å². The summed E-state index contributed by atoms with van der Waals surface area (Å²) in [5.74, 6) is -0.805. The number of rotatable bonds is 4. The van der Waals surface area contributed by atoms with Gasteiger partial charge < -0.3 is 9.64 Å². The summed E-state index contributed by atoms with van der Waals surface area (Å²) in [6, 6.07) is -0.491. The number of amides is 1. The van der Waals surface area contributed by atoms with Gasteiger partial charge in [0.25, 0.3) is 5.91 Å². The lowest BCUT2D eigenvalue weighted by Gasteiger charge is -2.26. The maximum atomic E-state index is 12.0. The molecule has 0 bridgehead atoms. The third-order valence-electron chi connectivity index (χ3n) is 2.95. The van der Waals surface area contributed by atoms with E-state index in [-0.39, 0.29) is 11.5 Å². The van der Waals surface area contributed by atoms with Gasteiger partial charge in [-0.1, -0.05) is 0 Å². The summed E-state index contributed by atoms with van der Waals surface area (Å²) in [5, 5.41) is 0. The summed E-state index contributed by atoms with van der Waals surface area (Å²) < 4.78 is 62.9. The topological polar surface area (TPSA) is 63.7 Å². The van der Waals surface area contributed by atoms with Crippen LogP contribution in [0.2, 0.25) is 0 Å². The number of halogens is 3. The fourth-order valence-corrected chi connectivity index (χ4v) is 3.61. The SMILES string of the molecule is C[C@@H](OCC(F)(F)F)C(=O)N(C)[C@@H]1CCS(=O)(=O)C1. The first-order chi connectivity index (χ1) is 8.52. The summed E-state index contributed by atoms with van der Waals surface area (Å²) in [7, 11) is -1.77. The van der Waals surface area contributed by atoms with Gasteiger partial charge >= 0.3 is 6.18 Å². The molecule has 0 radical (unpaired) electrons. The standard InChI is InChI=1S/C10H16F3NO4S/c1-7(18-6-10(11,12)13)9(15)14(2)8-3-4-19(16,17)5-8/h7-8H,3-6H2,1-2H3/t7-,8-/m1/s1. The van der Waals surface area contributed by atoms with E-state index >= 15 is 0 Å². The van der Waals surface area contributed by atoms with Gasteiger partial charge in [-0.05, 0) is 13.3 Å². The lowest BCUT2D eigenvalue weighted by Crippen LogP contribution is -2.44. The molecule has 1 aliphatic heterocycles. The van der Waals surface area contributed by atoms with Crippen LogP contribution < -0.4 is 0 Å². The second-order valence-electron chi connectivity index (χ2n) is 4.57. The zero-order valence-corrected chi connectivity index (χ0v) is 11.4. The molecule has 0 saturated carbocycles. The molecule has 0 spiro atoms. The number of hydrogen-bond donors (Lipinski definition) is 0. The van der Waals surface area contributed by atoms with Crippen LogP contribution in [0.15, 0.2) is 0 Å². The molecule has 0 aromatic rings. The smallest absolute Gasteiger partial charge is 0.359 e. The Labute approximate surface area is 109 Å². The average Bonchev–Trinajstić information content (AvgIpc) is 2.63. The van der Waals surface area contributed by atoms with Crippen molar-refractivity contribution in [1.82, 2.24) is 4.90 Å². The molecule has 0 aliphatic carbocycles. The second-order valence-corrected chi connectivity index (χ2v) is 6.80. The second kappa shape index (κ2) is 5.66. The fraction of sp³-hybridized carbons (Fsp3) is 0.900. The Balaban J connectivity index is 2.53. The first-order valence-corrected chi connectivity index (χ1v) is 7.49. The van der Waals surface area contributed by atoms with Crippen LogP contribution in [0.1, 0.15) is 13.3 Å². The first-order valence-electron chi connectivity index (χ1n) is 5.67. The molecule has 5 nitrogen and oxygen atoms in total. The molecule has 1 fully saturated rings. The number of hydrogen-bond acceptors (Lipinski definition) is 4. The van der Waals surface area contributed by atoms with Crippen molar-refractivity contribution in [2.24, 2.45) is 0 Å². The van der Waals surface area contributed by atoms with E-state index in [4.69, 9.17) is 0 Å². The van der Waals surface area contributed by atoms with Crippen molar-refractivity contribution >= 4 is 15.7 Å². The molecule has 0 aromatic heterocycles. The number of alkyl halides is 3. The van der Waals surface area contributed by atoms with Crippen LogP contribution >= 0.6 is 0 Å². The molecule has 9 heteroatoms. The van der Waals surface area contributed by atoms with E-state index in [0.717, 1.165) is 4.90 Å². The number of sulfone groups is 1. The Kier molecular flexibility index (Phi) is 4.83. The molecule has 112 valence electrons. The van der Waals surface area contributed by atoms with Crippen LogP contribution in [0.4, 0.5) is 13.2 Å². The maximum Gasteiger partial charge on any atom is 0.411 e. The highest BCUT2D eigenvalue weighted by Crippen LogP contribution is 2.19. The summed E-state index contributed by atoms with van der Waals surface area (Å²) in [6.45, 7) is -0.287. The highest BCUT2D eigenvalue weighted by Gasteiger charge is 2.35. The van der Waals surface area contributed by atoms with Crippen molar-refractivity contribution in [3.05, 3.63) is 0 Å². The van der Waals surface area contributed by atoms with E-state index in [2.05, 4.69) is 4.74 Å². The molecule has 0 unspecified atom stereocenters. The van der Waals surface area contributed by atoms with Gasteiger partial charge in [0.15, 0.2) is 9.84 Å². The molecular formula is C10H16F3NO4S. The lowest BCUT2D eigenvalue weighted by molar-refractivity contribution is -0.188. The van der Waals surface area contributed by atoms with Crippen LogP contribution in [0.25, 0.3) is 0 Å². The van der Waals surface area contributed by atoms with E-state index in [0.29, 0.717) is 6.42 Å². The monoisotopic (exact) mass is 303 g/mol. The summed E-state index contributed by atoms with van der Waals surface area (Å²) in [5.41, 5.74) is 0. The van der Waals surface area contributed by atoms with E-state index in [1.807, 2.05) is 0 Å². The minimum atomic E-state index is -4.50. The highest BCUT2D eigenvalue weighted by molar-refractivity contribution is 7.91. The Morgan fingerprint density at radius 1 is 1.47 bits per heavy atom.